The van der Waals surface area contributed by atoms with E-state index in [1.807, 2.05) is 31.2 Å². The van der Waals surface area contributed by atoms with Gasteiger partial charge >= 0.3 is 0 Å². The predicted octanol–water partition coefficient (Wildman–Crippen LogP) is 3.90. The zero-order valence-corrected chi connectivity index (χ0v) is 16.0. The van der Waals surface area contributed by atoms with E-state index in [2.05, 4.69) is 15.0 Å². The molecule has 2 N–H and O–H groups in total. The van der Waals surface area contributed by atoms with Crippen molar-refractivity contribution in [2.75, 3.05) is 10.0 Å². The van der Waals surface area contributed by atoms with E-state index in [0.717, 1.165) is 11.1 Å². The van der Waals surface area contributed by atoms with Gasteiger partial charge in [0.1, 0.15) is 0 Å². The zero-order valence-electron chi connectivity index (χ0n) is 14.4. The van der Waals surface area contributed by atoms with Crippen molar-refractivity contribution in [1.82, 2.24) is 4.98 Å². The molecule has 0 spiro atoms. The number of thiazole rings is 1. The summed E-state index contributed by atoms with van der Waals surface area (Å²) in [6.45, 7) is 2.00. The Kier molecular flexibility index (Phi) is 5.68. The summed E-state index contributed by atoms with van der Waals surface area (Å²) in [7, 11) is -3.71. The van der Waals surface area contributed by atoms with Gasteiger partial charge in [-0.15, -0.1) is 11.3 Å². The van der Waals surface area contributed by atoms with Crippen molar-refractivity contribution in [3.8, 4) is 0 Å². The van der Waals surface area contributed by atoms with Crippen LogP contribution in [0.15, 0.2) is 71.1 Å². The number of nitrogens with one attached hydrogen (secondary N) is 2. The highest BCUT2D eigenvalue weighted by atomic mass is 32.2. The summed E-state index contributed by atoms with van der Waals surface area (Å²) in [5, 5.41) is 4.68. The molecule has 0 aliphatic carbocycles. The third-order valence-corrected chi connectivity index (χ3v) is 5.76. The van der Waals surface area contributed by atoms with Crippen LogP contribution in [0.3, 0.4) is 0 Å². The molecule has 0 aliphatic heterocycles. The fourth-order valence-electron chi connectivity index (χ4n) is 2.20. The van der Waals surface area contributed by atoms with E-state index < -0.39 is 10.0 Å². The van der Waals surface area contributed by atoms with E-state index in [1.54, 1.807) is 11.5 Å². The standard InChI is InChI=1S/C19H17N3O3S2/c1-14-2-4-15(5-3-14)6-11-18(23)21-16-7-9-17(10-8-16)27(24,25)22-19-20-12-13-26-19/h2-13H,1H3,(H,20,22)(H,21,23). The lowest BCUT2D eigenvalue weighted by atomic mass is 10.1. The first-order valence-electron chi connectivity index (χ1n) is 8.00. The average Bonchev–Trinajstić information content (AvgIpc) is 3.14. The number of nitrogens with zero attached hydrogens (tertiary/aromatic N) is 1. The largest absolute Gasteiger partial charge is 0.323 e. The Hall–Kier alpha value is -2.97. The van der Waals surface area contributed by atoms with Crippen LogP contribution in [-0.4, -0.2) is 19.3 Å². The fraction of sp³-hybridized carbons (Fsp3) is 0.0526. The smallest absolute Gasteiger partial charge is 0.263 e. The van der Waals surface area contributed by atoms with Gasteiger partial charge in [-0.25, -0.2) is 13.4 Å². The summed E-state index contributed by atoms with van der Waals surface area (Å²) in [5.74, 6) is -0.299. The summed E-state index contributed by atoms with van der Waals surface area (Å²) in [5.41, 5.74) is 2.57. The SMILES string of the molecule is Cc1ccc(C=CC(=O)Nc2ccc(S(=O)(=O)Nc3nccs3)cc2)cc1. The number of aryl methyl sites for hydroxylation is 1. The lowest BCUT2D eigenvalue weighted by Crippen LogP contribution is -2.13. The number of hydrogen-bond donors (Lipinski definition) is 2. The molecule has 27 heavy (non-hydrogen) atoms. The number of benzene rings is 2. The summed E-state index contributed by atoms with van der Waals surface area (Å²) >= 11 is 1.19. The van der Waals surface area contributed by atoms with Crippen molar-refractivity contribution in [2.45, 2.75) is 11.8 Å². The third-order valence-electron chi connectivity index (χ3n) is 3.59. The lowest BCUT2D eigenvalue weighted by molar-refractivity contribution is -0.111. The van der Waals surface area contributed by atoms with E-state index in [0.29, 0.717) is 10.8 Å². The van der Waals surface area contributed by atoms with Crippen LogP contribution in [-0.2, 0) is 14.8 Å². The van der Waals surface area contributed by atoms with E-state index in [4.69, 9.17) is 0 Å². The molecule has 6 nitrogen and oxygen atoms in total. The monoisotopic (exact) mass is 399 g/mol. The first kappa shape index (κ1) is 18.8. The summed E-state index contributed by atoms with van der Waals surface area (Å²) < 4.78 is 26.9. The molecule has 1 aromatic heterocycles. The van der Waals surface area contributed by atoms with Gasteiger partial charge in [-0.2, -0.15) is 0 Å². The number of rotatable bonds is 6. The van der Waals surface area contributed by atoms with Crippen LogP contribution in [0.2, 0.25) is 0 Å². The number of aromatic nitrogens is 1. The van der Waals surface area contributed by atoms with Gasteiger partial charge in [0.25, 0.3) is 10.0 Å². The van der Waals surface area contributed by atoms with Crippen LogP contribution in [0, 0.1) is 6.92 Å². The molecule has 0 saturated carbocycles. The number of anilines is 2. The highest BCUT2D eigenvalue weighted by Gasteiger charge is 2.15. The minimum Gasteiger partial charge on any atom is -0.323 e. The number of sulfonamides is 1. The van der Waals surface area contributed by atoms with Gasteiger partial charge in [-0.3, -0.25) is 9.52 Å². The number of amides is 1. The van der Waals surface area contributed by atoms with Crippen LogP contribution < -0.4 is 10.0 Å². The number of carbonyl (C=O) groups is 1. The van der Waals surface area contributed by atoms with E-state index in [1.165, 1.54) is 47.9 Å². The Morgan fingerprint density at radius 2 is 1.78 bits per heavy atom. The molecule has 0 saturated heterocycles. The summed E-state index contributed by atoms with van der Waals surface area (Å²) in [6, 6.07) is 13.7. The van der Waals surface area contributed by atoms with Gasteiger partial charge in [0.05, 0.1) is 4.90 Å². The van der Waals surface area contributed by atoms with Crippen molar-refractivity contribution < 1.29 is 13.2 Å². The molecule has 3 aromatic rings. The molecule has 8 heteroatoms. The van der Waals surface area contributed by atoms with E-state index in [-0.39, 0.29) is 10.8 Å². The Morgan fingerprint density at radius 3 is 2.41 bits per heavy atom. The minimum atomic E-state index is -3.71. The van der Waals surface area contributed by atoms with Crippen molar-refractivity contribution in [2.24, 2.45) is 0 Å². The molecule has 0 aliphatic rings. The second-order valence-corrected chi connectivity index (χ2v) is 8.28. The Bertz CT molecular complexity index is 1040. The van der Waals surface area contributed by atoms with E-state index in [9.17, 15) is 13.2 Å². The molecular formula is C19H17N3O3S2. The molecule has 2 aromatic carbocycles. The first-order valence-corrected chi connectivity index (χ1v) is 10.4. The maximum atomic E-state index is 12.3. The topological polar surface area (TPSA) is 88.2 Å². The third kappa shape index (κ3) is 5.25. The Morgan fingerprint density at radius 1 is 1.07 bits per heavy atom. The molecule has 0 bridgehead atoms. The van der Waals surface area contributed by atoms with Gasteiger partial charge in [-0.05, 0) is 42.8 Å². The van der Waals surface area contributed by atoms with Crippen molar-refractivity contribution in [3.63, 3.8) is 0 Å². The zero-order chi connectivity index (χ0) is 19.3. The molecule has 0 radical (unpaired) electrons. The molecule has 0 unspecified atom stereocenters. The minimum absolute atomic E-state index is 0.0888. The van der Waals surface area contributed by atoms with Crippen molar-refractivity contribution in [3.05, 3.63) is 77.3 Å². The van der Waals surface area contributed by atoms with E-state index >= 15 is 0 Å². The van der Waals surface area contributed by atoms with Crippen molar-refractivity contribution in [1.29, 1.82) is 0 Å². The van der Waals surface area contributed by atoms with Gasteiger partial charge in [-0.1, -0.05) is 29.8 Å². The van der Waals surface area contributed by atoms with Crippen molar-refractivity contribution >= 4 is 44.2 Å². The fourth-order valence-corrected chi connectivity index (χ4v) is 3.99. The lowest BCUT2D eigenvalue weighted by Gasteiger charge is -2.07. The van der Waals surface area contributed by atoms with Crippen LogP contribution in [0.4, 0.5) is 10.8 Å². The molecular weight excluding hydrogens is 382 g/mol. The van der Waals surface area contributed by atoms with Gasteiger partial charge in [0.2, 0.25) is 5.91 Å². The van der Waals surface area contributed by atoms with Gasteiger partial charge < -0.3 is 5.32 Å². The summed E-state index contributed by atoms with van der Waals surface area (Å²) in [4.78, 5) is 16.0. The molecule has 1 heterocycles. The molecule has 3 rings (SSSR count). The second-order valence-electron chi connectivity index (χ2n) is 5.70. The normalized spacial score (nSPS) is 11.4. The number of hydrogen-bond acceptors (Lipinski definition) is 5. The Balaban J connectivity index is 1.63. The molecule has 1 amide bonds. The summed E-state index contributed by atoms with van der Waals surface area (Å²) in [6.07, 6.45) is 4.66. The van der Waals surface area contributed by atoms with Gasteiger partial charge in [0, 0.05) is 23.3 Å². The Labute approximate surface area is 161 Å². The van der Waals surface area contributed by atoms with Gasteiger partial charge in [0.15, 0.2) is 5.13 Å². The maximum Gasteiger partial charge on any atom is 0.263 e. The maximum absolute atomic E-state index is 12.3. The van der Waals surface area contributed by atoms with Crippen LogP contribution in [0.1, 0.15) is 11.1 Å². The average molecular weight is 399 g/mol. The molecule has 0 fully saturated rings. The highest BCUT2D eigenvalue weighted by Crippen LogP contribution is 2.19. The second kappa shape index (κ2) is 8.15. The molecule has 138 valence electrons. The van der Waals surface area contributed by atoms with Crippen LogP contribution >= 0.6 is 11.3 Å². The number of carbonyl (C=O) groups excluding carboxylic acids is 1. The molecule has 0 atom stereocenters. The highest BCUT2D eigenvalue weighted by molar-refractivity contribution is 7.93. The quantitative estimate of drug-likeness (QED) is 0.615. The predicted molar refractivity (Wildman–Crippen MR) is 108 cm³/mol. The van der Waals surface area contributed by atoms with Crippen LogP contribution in [0.25, 0.3) is 6.08 Å². The first-order chi connectivity index (χ1) is 12.9. The van der Waals surface area contributed by atoms with Crippen LogP contribution in [0.5, 0.6) is 0 Å².